The average Bonchev–Trinajstić information content (AvgIpc) is 2.76. The number of hydrogen-bond donors (Lipinski definition) is 0. The number of aromatic nitrogens is 2. The van der Waals surface area contributed by atoms with Crippen molar-refractivity contribution in [2.45, 2.75) is 0 Å². The third-order valence-corrected chi connectivity index (χ3v) is 5.51. The Kier molecular flexibility index (Phi) is 2.91. The van der Waals surface area contributed by atoms with E-state index in [-0.39, 0.29) is 16.8 Å². The van der Waals surface area contributed by atoms with Crippen LogP contribution in [0.5, 0.6) is 0 Å². The van der Waals surface area contributed by atoms with Gasteiger partial charge in [-0.3, -0.25) is 0 Å². The molecular formula is C10H10ClN3O2S2. The van der Waals surface area contributed by atoms with Crippen LogP contribution in [-0.4, -0.2) is 43.0 Å². The van der Waals surface area contributed by atoms with Gasteiger partial charge in [-0.15, -0.1) is 11.3 Å². The lowest BCUT2D eigenvalue weighted by atomic mass is 10.3. The van der Waals surface area contributed by atoms with Crippen LogP contribution in [0.15, 0.2) is 11.4 Å². The Morgan fingerprint density at radius 3 is 2.72 bits per heavy atom. The van der Waals surface area contributed by atoms with Crippen molar-refractivity contribution >= 4 is 48.8 Å². The van der Waals surface area contributed by atoms with Crippen molar-refractivity contribution in [3.8, 4) is 0 Å². The summed E-state index contributed by atoms with van der Waals surface area (Å²) in [7, 11) is -2.89. The van der Waals surface area contributed by atoms with Crippen molar-refractivity contribution in [1.29, 1.82) is 0 Å². The van der Waals surface area contributed by atoms with Crippen molar-refractivity contribution in [1.82, 2.24) is 9.97 Å². The van der Waals surface area contributed by atoms with Crippen molar-refractivity contribution in [3.05, 3.63) is 16.7 Å². The highest BCUT2D eigenvalue weighted by atomic mass is 35.5. The van der Waals surface area contributed by atoms with Crippen molar-refractivity contribution < 1.29 is 8.42 Å². The summed E-state index contributed by atoms with van der Waals surface area (Å²) in [5, 5.41) is 3.07. The number of thiophene rings is 1. The van der Waals surface area contributed by atoms with E-state index in [1.54, 1.807) is 0 Å². The molecule has 0 atom stereocenters. The van der Waals surface area contributed by atoms with Gasteiger partial charge in [0.05, 0.1) is 16.9 Å². The lowest BCUT2D eigenvalue weighted by molar-refractivity contribution is 0.586. The van der Waals surface area contributed by atoms with Gasteiger partial charge in [0.2, 0.25) is 5.28 Å². The first-order valence-electron chi connectivity index (χ1n) is 5.41. The quantitative estimate of drug-likeness (QED) is 0.749. The predicted molar refractivity (Wildman–Crippen MR) is 73.3 cm³/mol. The highest BCUT2D eigenvalue weighted by Crippen LogP contribution is 2.29. The fraction of sp³-hybridized carbons (Fsp3) is 0.400. The highest BCUT2D eigenvalue weighted by molar-refractivity contribution is 7.91. The Labute approximate surface area is 113 Å². The minimum Gasteiger partial charge on any atom is -0.354 e. The molecule has 0 N–H and O–H groups in total. The van der Waals surface area contributed by atoms with Crippen molar-refractivity contribution in [3.63, 3.8) is 0 Å². The molecule has 0 aliphatic carbocycles. The molecule has 0 amide bonds. The number of halogens is 1. The molecule has 0 saturated carbocycles. The van der Waals surface area contributed by atoms with E-state index in [1.165, 1.54) is 11.3 Å². The fourth-order valence-corrected chi connectivity index (χ4v) is 4.15. The number of fused-ring (bicyclic) bond motifs is 1. The molecule has 3 heterocycles. The van der Waals surface area contributed by atoms with Gasteiger partial charge in [0.15, 0.2) is 9.84 Å². The van der Waals surface area contributed by atoms with Crippen LogP contribution in [0.1, 0.15) is 0 Å². The third kappa shape index (κ3) is 2.17. The largest absolute Gasteiger partial charge is 0.354 e. The lowest BCUT2D eigenvalue weighted by Gasteiger charge is -2.28. The van der Waals surface area contributed by atoms with Crippen LogP contribution >= 0.6 is 22.9 Å². The average molecular weight is 304 g/mol. The second kappa shape index (κ2) is 4.32. The van der Waals surface area contributed by atoms with E-state index < -0.39 is 9.84 Å². The van der Waals surface area contributed by atoms with E-state index in [0.717, 1.165) is 16.0 Å². The number of rotatable bonds is 1. The number of anilines is 1. The SMILES string of the molecule is O=S1(=O)CCN(c2nc(Cl)nc3sccc23)CC1. The van der Waals surface area contributed by atoms with Crippen LogP contribution in [0.3, 0.4) is 0 Å². The summed E-state index contributed by atoms with van der Waals surface area (Å²) in [5.74, 6) is 1.07. The number of hydrogen-bond acceptors (Lipinski definition) is 6. The molecule has 5 nitrogen and oxygen atoms in total. The number of sulfone groups is 1. The smallest absolute Gasteiger partial charge is 0.225 e. The van der Waals surface area contributed by atoms with Crippen LogP contribution in [0, 0.1) is 0 Å². The first-order valence-corrected chi connectivity index (χ1v) is 8.49. The summed E-state index contributed by atoms with van der Waals surface area (Å²) in [4.78, 5) is 11.2. The summed E-state index contributed by atoms with van der Waals surface area (Å²) in [6, 6.07) is 1.94. The molecule has 0 bridgehead atoms. The highest BCUT2D eigenvalue weighted by Gasteiger charge is 2.24. The van der Waals surface area contributed by atoms with Gasteiger partial charge in [0.1, 0.15) is 10.6 Å². The van der Waals surface area contributed by atoms with Gasteiger partial charge in [-0.05, 0) is 23.0 Å². The van der Waals surface area contributed by atoms with Crippen molar-refractivity contribution in [2.75, 3.05) is 29.5 Å². The molecule has 96 valence electrons. The number of nitrogens with zero attached hydrogens (tertiary/aromatic N) is 3. The molecule has 2 aromatic heterocycles. The Balaban J connectivity index is 2.02. The van der Waals surface area contributed by atoms with E-state index in [1.807, 2.05) is 16.3 Å². The summed E-state index contributed by atoms with van der Waals surface area (Å²) in [6.07, 6.45) is 0. The molecule has 1 aliphatic heterocycles. The molecule has 2 aromatic rings. The fourth-order valence-electron chi connectivity index (χ4n) is 1.98. The first-order chi connectivity index (χ1) is 8.55. The zero-order chi connectivity index (χ0) is 12.8. The van der Waals surface area contributed by atoms with Crippen LogP contribution in [0.25, 0.3) is 10.2 Å². The normalized spacial score (nSPS) is 19.3. The predicted octanol–water partition coefficient (Wildman–Crippen LogP) is 1.58. The molecule has 18 heavy (non-hydrogen) atoms. The standard InChI is InChI=1S/C10H10ClN3O2S2/c11-10-12-8(7-1-4-17-9(7)13-10)14-2-5-18(15,16)6-3-14/h1,4H,2-3,5-6H2. The monoisotopic (exact) mass is 303 g/mol. The van der Waals surface area contributed by atoms with E-state index in [4.69, 9.17) is 11.6 Å². The molecule has 1 aliphatic rings. The van der Waals surface area contributed by atoms with E-state index in [2.05, 4.69) is 9.97 Å². The summed E-state index contributed by atoms with van der Waals surface area (Å²) < 4.78 is 22.8. The van der Waals surface area contributed by atoms with E-state index in [0.29, 0.717) is 13.1 Å². The Bertz CT molecular complexity index is 684. The minimum absolute atomic E-state index is 0.167. The molecule has 3 rings (SSSR count). The molecule has 0 unspecified atom stereocenters. The second-order valence-electron chi connectivity index (χ2n) is 4.09. The zero-order valence-corrected chi connectivity index (χ0v) is 11.7. The first kappa shape index (κ1) is 12.1. The maximum Gasteiger partial charge on any atom is 0.225 e. The van der Waals surface area contributed by atoms with Gasteiger partial charge in [-0.1, -0.05) is 0 Å². The maximum atomic E-state index is 11.4. The van der Waals surface area contributed by atoms with Gasteiger partial charge >= 0.3 is 0 Å². The van der Waals surface area contributed by atoms with Gasteiger partial charge in [0.25, 0.3) is 0 Å². The van der Waals surface area contributed by atoms with Crippen LogP contribution in [0.4, 0.5) is 5.82 Å². The van der Waals surface area contributed by atoms with Crippen LogP contribution in [0.2, 0.25) is 5.28 Å². The van der Waals surface area contributed by atoms with Crippen LogP contribution < -0.4 is 4.90 Å². The maximum absolute atomic E-state index is 11.4. The Morgan fingerprint density at radius 2 is 2.00 bits per heavy atom. The molecule has 1 fully saturated rings. The molecule has 8 heteroatoms. The molecule has 1 saturated heterocycles. The van der Waals surface area contributed by atoms with Crippen LogP contribution in [-0.2, 0) is 9.84 Å². The summed E-state index contributed by atoms with van der Waals surface area (Å²) >= 11 is 7.39. The molecular weight excluding hydrogens is 294 g/mol. The minimum atomic E-state index is -2.89. The van der Waals surface area contributed by atoms with Gasteiger partial charge in [-0.2, -0.15) is 4.98 Å². The lowest BCUT2D eigenvalue weighted by Crippen LogP contribution is -2.40. The molecule has 0 radical (unpaired) electrons. The third-order valence-electron chi connectivity index (χ3n) is 2.92. The van der Waals surface area contributed by atoms with Gasteiger partial charge < -0.3 is 4.90 Å². The summed E-state index contributed by atoms with van der Waals surface area (Å²) in [6.45, 7) is 0.918. The Hall–Kier alpha value is -0.920. The molecule has 0 aromatic carbocycles. The topological polar surface area (TPSA) is 63.2 Å². The van der Waals surface area contributed by atoms with Gasteiger partial charge in [-0.25, -0.2) is 13.4 Å². The van der Waals surface area contributed by atoms with E-state index in [9.17, 15) is 8.42 Å². The second-order valence-corrected chi connectivity index (χ2v) is 7.63. The van der Waals surface area contributed by atoms with Crippen molar-refractivity contribution in [2.24, 2.45) is 0 Å². The van der Waals surface area contributed by atoms with E-state index >= 15 is 0 Å². The molecule has 0 spiro atoms. The van der Waals surface area contributed by atoms with Gasteiger partial charge in [0, 0.05) is 13.1 Å². The summed E-state index contributed by atoms with van der Waals surface area (Å²) in [5.41, 5.74) is 0. The Morgan fingerprint density at radius 1 is 1.28 bits per heavy atom. The zero-order valence-electron chi connectivity index (χ0n) is 9.34.